The first-order valence-corrected chi connectivity index (χ1v) is 8.26. The van der Waals surface area contributed by atoms with Crippen molar-refractivity contribution < 1.29 is 4.74 Å². The molecule has 2 aromatic rings. The van der Waals surface area contributed by atoms with E-state index in [0.717, 1.165) is 38.3 Å². The van der Waals surface area contributed by atoms with Gasteiger partial charge in [-0.25, -0.2) is 0 Å². The Balaban J connectivity index is 1.33. The molecule has 0 bridgehead atoms. The second-order valence-electron chi connectivity index (χ2n) is 6.53. The Labute approximate surface area is 131 Å². The van der Waals surface area contributed by atoms with Crippen LogP contribution in [0.5, 0.6) is 5.75 Å². The van der Waals surface area contributed by atoms with Crippen molar-refractivity contribution in [3.63, 3.8) is 0 Å². The van der Waals surface area contributed by atoms with Gasteiger partial charge < -0.3 is 9.64 Å². The molecule has 1 unspecified atom stereocenters. The topological polar surface area (TPSA) is 30.3 Å². The molecule has 0 spiro atoms. The molecular weight excluding hydrogens is 274 g/mol. The van der Waals surface area contributed by atoms with Crippen molar-refractivity contribution in [3.05, 3.63) is 47.3 Å². The van der Waals surface area contributed by atoms with Crippen molar-refractivity contribution >= 4 is 0 Å². The first-order valence-electron chi connectivity index (χ1n) is 8.26. The molecule has 4 nitrogen and oxygen atoms in total. The summed E-state index contributed by atoms with van der Waals surface area (Å²) >= 11 is 0. The number of aromatic nitrogens is 2. The van der Waals surface area contributed by atoms with Crippen LogP contribution in [0.1, 0.15) is 29.2 Å². The van der Waals surface area contributed by atoms with E-state index in [0.29, 0.717) is 6.04 Å². The molecule has 0 N–H and O–H groups in total. The lowest BCUT2D eigenvalue weighted by Gasteiger charge is -2.16. The summed E-state index contributed by atoms with van der Waals surface area (Å²) in [6.07, 6.45) is 7.51. The Morgan fingerprint density at radius 1 is 1.36 bits per heavy atom. The van der Waals surface area contributed by atoms with Crippen molar-refractivity contribution in [1.82, 2.24) is 14.7 Å². The highest BCUT2D eigenvalue weighted by molar-refractivity contribution is 5.39. The molecule has 1 aromatic heterocycles. The molecule has 1 fully saturated rings. The zero-order valence-electron chi connectivity index (χ0n) is 13.2. The predicted octanol–water partition coefficient (Wildman–Crippen LogP) is 2.62. The molecule has 0 radical (unpaired) electrons. The van der Waals surface area contributed by atoms with Crippen molar-refractivity contribution in [1.29, 1.82) is 0 Å². The summed E-state index contributed by atoms with van der Waals surface area (Å²) in [5.41, 5.74) is 4.06. The number of aryl methyl sites for hydroxylation is 1. The highest BCUT2D eigenvalue weighted by atomic mass is 16.5. The molecule has 0 saturated carbocycles. The Kier molecular flexibility index (Phi) is 3.62. The van der Waals surface area contributed by atoms with Gasteiger partial charge in [-0.05, 0) is 42.5 Å². The minimum Gasteiger partial charge on any atom is -0.493 e. The van der Waals surface area contributed by atoms with Crippen LogP contribution >= 0.6 is 0 Å². The summed E-state index contributed by atoms with van der Waals surface area (Å²) in [7, 11) is 0. The third-order valence-corrected chi connectivity index (χ3v) is 4.82. The molecule has 0 amide bonds. The lowest BCUT2D eigenvalue weighted by atomic mass is 10.1. The van der Waals surface area contributed by atoms with Crippen LogP contribution in [0.4, 0.5) is 0 Å². The van der Waals surface area contributed by atoms with Crippen LogP contribution in [0, 0.1) is 6.92 Å². The molecule has 2 aliphatic heterocycles. The zero-order chi connectivity index (χ0) is 14.9. The Hall–Kier alpha value is -1.81. The van der Waals surface area contributed by atoms with Crippen LogP contribution in [0.15, 0.2) is 30.6 Å². The molecule has 2 aliphatic rings. The third-order valence-electron chi connectivity index (χ3n) is 4.82. The SMILES string of the molecule is Cc1cnn(C2CCN(CCc3ccc4c(c3)CCO4)C2)c1. The molecule has 116 valence electrons. The number of hydrogen-bond donors (Lipinski definition) is 0. The van der Waals surface area contributed by atoms with E-state index in [4.69, 9.17) is 4.74 Å². The van der Waals surface area contributed by atoms with Crippen LogP contribution in [0.2, 0.25) is 0 Å². The fourth-order valence-electron chi connectivity index (χ4n) is 3.55. The van der Waals surface area contributed by atoms with E-state index in [9.17, 15) is 0 Å². The maximum Gasteiger partial charge on any atom is 0.122 e. The third kappa shape index (κ3) is 2.75. The lowest BCUT2D eigenvalue weighted by Crippen LogP contribution is -2.24. The van der Waals surface area contributed by atoms with Gasteiger partial charge in [-0.2, -0.15) is 5.10 Å². The number of benzene rings is 1. The molecule has 4 rings (SSSR count). The van der Waals surface area contributed by atoms with Gasteiger partial charge in [-0.3, -0.25) is 4.68 Å². The van der Waals surface area contributed by atoms with Gasteiger partial charge in [0.05, 0.1) is 18.8 Å². The Bertz CT molecular complexity index is 664. The first kappa shape index (κ1) is 13.8. The maximum atomic E-state index is 5.58. The molecule has 3 heterocycles. The number of ether oxygens (including phenoxy) is 1. The summed E-state index contributed by atoms with van der Waals surface area (Å²) in [6.45, 7) is 6.38. The largest absolute Gasteiger partial charge is 0.493 e. The monoisotopic (exact) mass is 297 g/mol. The van der Waals surface area contributed by atoms with Crippen LogP contribution in [-0.4, -0.2) is 40.9 Å². The molecule has 1 saturated heterocycles. The van der Waals surface area contributed by atoms with Gasteiger partial charge in [0.15, 0.2) is 0 Å². The van der Waals surface area contributed by atoms with E-state index in [1.165, 1.54) is 29.7 Å². The van der Waals surface area contributed by atoms with E-state index in [1.807, 2.05) is 6.20 Å². The summed E-state index contributed by atoms with van der Waals surface area (Å²) in [5.74, 6) is 1.08. The van der Waals surface area contributed by atoms with E-state index < -0.39 is 0 Å². The van der Waals surface area contributed by atoms with Crippen LogP contribution in [-0.2, 0) is 12.8 Å². The zero-order valence-corrected chi connectivity index (χ0v) is 13.2. The smallest absolute Gasteiger partial charge is 0.122 e. The van der Waals surface area contributed by atoms with E-state index in [2.05, 4.69) is 46.0 Å². The minimum atomic E-state index is 0.544. The van der Waals surface area contributed by atoms with Gasteiger partial charge in [-0.15, -0.1) is 0 Å². The summed E-state index contributed by atoms with van der Waals surface area (Å²) in [5, 5.41) is 4.47. The summed E-state index contributed by atoms with van der Waals surface area (Å²) < 4.78 is 7.72. The average Bonchev–Trinajstić information content (AvgIpc) is 3.24. The van der Waals surface area contributed by atoms with Crippen LogP contribution in [0.3, 0.4) is 0 Å². The number of likely N-dealkylation sites (tertiary alicyclic amines) is 1. The van der Waals surface area contributed by atoms with Gasteiger partial charge in [0.2, 0.25) is 0 Å². The highest BCUT2D eigenvalue weighted by Crippen LogP contribution is 2.26. The van der Waals surface area contributed by atoms with Gasteiger partial charge in [-0.1, -0.05) is 12.1 Å². The molecule has 1 aromatic carbocycles. The fraction of sp³-hybridized carbons (Fsp3) is 0.500. The molecule has 1 atom stereocenters. The second-order valence-corrected chi connectivity index (χ2v) is 6.53. The predicted molar refractivity (Wildman–Crippen MR) is 86.4 cm³/mol. The van der Waals surface area contributed by atoms with Crippen molar-refractivity contribution in [2.24, 2.45) is 0 Å². The van der Waals surface area contributed by atoms with E-state index in [-0.39, 0.29) is 0 Å². The standard InChI is InChI=1S/C18H23N3O/c1-14-11-19-21(12-14)17-5-8-20(13-17)7-4-15-2-3-18-16(10-15)6-9-22-18/h2-3,10-12,17H,4-9,13H2,1H3. The summed E-state index contributed by atoms with van der Waals surface area (Å²) in [6, 6.07) is 7.22. The van der Waals surface area contributed by atoms with Gasteiger partial charge in [0, 0.05) is 32.3 Å². The van der Waals surface area contributed by atoms with E-state index in [1.54, 1.807) is 0 Å². The maximum absolute atomic E-state index is 5.58. The number of fused-ring (bicyclic) bond motifs is 1. The number of hydrogen-bond acceptors (Lipinski definition) is 3. The van der Waals surface area contributed by atoms with Crippen molar-refractivity contribution in [2.75, 3.05) is 26.2 Å². The van der Waals surface area contributed by atoms with Crippen LogP contribution in [0.25, 0.3) is 0 Å². The Morgan fingerprint density at radius 3 is 3.18 bits per heavy atom. The Morgan fingerprint density at radius 2 is 2.32 bits per heavy atom. The van der Waals surface area contributed by atoms with Gasteiger partial charge in [0.1, 0.15) is 5.75 Å². The quantitative estimate of drug-likeness (QED) is 0.869. The molecule has 0 aliphatic carbocycles. The lowest BCUT2D eigenvalue weighted by molar-refractivity contribution is 0.323. The van der Waals surface area contributed by atoms with Gasteiger partial charge >= 0.3 is 0 Å². The van der Waals surface area contributed by atoms with E-state index >= 15 is 0 Å². The second kappa shape index (κ2) is 5.76. The molecular formula is C18H23N3O. The highest BCUT2D eigenvalue weighted by Gasteiger charge is 2.24. The first-order chi connectivity index (χ1) is 10.8. The normalized spacial score (nSPS) is 21.0. The number of nitrogens with zero attached hydrogens (tertiary/aromatic N) is 3. The minimum absolute atomic E-state index is 0.544. The molecule has 22 heavy (non-hydrogen) atoms. The average molecular weight is 297 g/mol. The summed E-state index contributed by atoms with van der Waals surface area (Å²) in [4.78, 5) is 2.56. The number of rotatable bonds is 4. The van der Waals surface area contributed by atoms with Crippen molar-refractivity contribution in [3.8, 4) is 5.75 Å². The van der Waals surface area contributed by atoms with Gasteiger partial charge in [0.25, 0.3) is 0 Å². The fourth-order valence-corrected chi connectivity index (χ4v) is 3.55. The molecule has 4 heteroatoms. The van der Waals surface area contributed by atoms with Crippen molar-refractivity contribution in [2.45, 2.75) is 32.2 Å². The van der Waals surface area contributed by atoms with Crippen LogP contribution < -0.4 is 4.74 Å².